The van der Waals surface area contributed by atoms with Crippen LogP contribution in [0.4, 0.5) is 11.4 Å². The fourth-order valence-corrected chi connectivity index (χ4v) is 3.89. The lowest BCUT2D eigenvalue weighted by Crippen LogP contribution is -2.37. The van der Waals surface area contributed by atoms with Crippen molar-refractivity contribution in [3.8, 4) is 0 Å². The van der Waals surface area contributed by atoms with Crippen molar-refractivity contribution >= 4 is 46.2 Å². The van der Waals surface area contributed by atoms with Gasteiger partial charge in [0.05, 0.1) is 10.6 Å². The lowest BCUT2D eigenvalue weighted by molar-refractivity contribution is 0.0978. The van der Waals surface area contributed by atoms with E-state index >= 15 is 0 Å². The Balaban J connectivity index is 1.60. The fourth-order valence-electron chi connectivity index (χ4n) is 3.36. The summed E-state index contributed by atoms with van der Waals surface area (Å²) >= 11 is 11.4. The molecule has 4 nitrogen and oxygen atoms in total. The van der Waals surface area contributed by atoms with Gasteiger partial charge in [0.15, 0.2) is 5.11 Å². The SMILES string of the molecule is Cc1ccc(C(=O)NC(=S)Nc2ccc(N3CCCC[C@H]3C)cc2)c(Cl)c1. The van der Waals surface area contributed by atoms with Crippen LogP contribution < -0.4 is 15.5 Å². The van der Waals surface area contributed by atoms with E-state index in [4.69, 9.17) is 23.8 Å². The molecule has 1 amide bonds. The van der Waals surface area contributed by atoms with Crippen LogP contribution in [0.15, 0.2) is 42.5 Å². The minimum atomic E-state index is -0.323. The zero-order chi connectivity index (χ0) is 19.4. The molecule has 1 aliphatic heterocycles. The Morgan fingerprint density at radius 1 is 1.19 bits per heavy atom. The van der Waals surface area contributed by atoms with Crippen molar-refractivity contribution in [3.63, 3.8) is 0 Å². The van der Waals surface area contributed by atoms with E-state index in [1.807, 2.05) is 25.1 Å². The second kappa shape index (κ2) is 8.72. The van der Waals surface area contributed by atoms with Gasteiger partial charge in [-0.15, -0.1) is 0 Å². The van der Waals surface area contributed by atoms with Crippen molar-refractivity contribution < 1.29 is 4.79 Å². The Hall–Kier alpha value is -2.11. The molecule has 1 atom stereocenters. The van der Waals surface area contributed by atoms with E-state index in [-0.39, 0.29) is 11.0 Å². The van der Waals surface area contributed by atoms with Crippen LogP contribution in [-0.2, 0) is 0 Å². The highest BCUT2D eigenvalue weighted by atomic mass is 35.5. The van der Waals surface area contributed by atoms with E-state index in [0.717, 1.165) is 17.8 Å². The Labute approximate surface area is 170 Å². The quantitative estimate of drug-likeness (QED) is 0.697. The van der Waals surface area contributed by atoms with E-state index in [0.29, 0.717) is 16.6 Å². The second-order valence-corrected chi connectivity index (χ2v) is 7.79. The van der Waals surface area contributed by atoms with Gasteiger partial charge in [0.25, 0.3) is 5.91 Å². The van der Waals surface area contributed by atoms with Gasteiger partial charge in [0, 0.05) is 24.0 Å². The van der Waals surface area contributed by atoms with Crippen molar-refractivity contribution in [3.05, 3.63) is 58.6 Å². The summed E-state index contributed by atoms with van der Waals surface area (Å²) < 4.78 is 0. The molecule has 1 fully saturated rings. The number of hydrogen-bond donors (Lipinski definition) is 2. The first-order chi connectivity index (χ1) is 12.9. The number of nitrogens with one attached hydrogen (secondary N) is 2. The van der Waals surface area contributed by atoms with E-state index in [2.05, 4.69) is 34.6 Å². The van der Waals surface area contributed by atoms with Gasteiger partial charge in [-0.3, -0.25) is 10.1 Å². The Morgan fingerprint density at radius 2 is 1.93 bits per heavy atom. The topological polar surface area (TPSA) is 44.4 Å². The van der Waals surface area contributed by atoms with Crippen molar-refractivity contribution in [2.75, 3.05) is 16.8 Å². The van der Waals surface area contributed by atoms with Gasteiger partial charge in [-0.2, -0.15) is 0 Å². The van der Waals surface area contributed by atoms with E-state index in [9.17, 15) is 4.79 Å². The number of thiocarbonyl (C=S) groups is 1. The molecule has 0 radical (unpaired) electrons. The molecule has 2 aromatic rings. The smallest absolute Gasteiger partial charge is 0.258 e. The van der Waals surface area contributed by atoms with E-state index < -0.39 is 0 Å². The Morgan fingerprint density at radius 3 is 2.59 bits per heavy atom. The molecule has 1 heterocycles. The molecule has 3 rings (SSSR count). The Bertz CT molecular complexity index is 838. The summed E-state index contributed by atoms with van der Waals surface area (Å²) in [6, 6.07) is 14.0. The highest BCUT2D eigenvalue weighted by molar-refractivity contribution is 7.80. The number of carbonyl (C=O) groups is 1. The van der Waals surface area contributed by atoms with Gasteiger partial charge in [0.1, 0.15) is 0 Å². The molecule has 0 spiro atoms. The van der Waals surface area contributed by atoms with Gasteiger partial charge in [-0.05, 0) is 87.3 Å². The van der Waals surface area contributed by atoms with Crippen LogP contribution in [0.2, 0.25) is 5.02 Å². The predicted octanol–water partition coefficient (Wildman–Crippen LogP) is 5.15. The minimum absolute atomic E-state index is 0.246. The first-order valence-electron chi connectivity index (χ1n) is 9.19. The predicted molar refractivity (Wildman–Crippen MR) is 117 cm³/mol. The van der Waals surface area contributed by atoms with Gasteiger partial charge >= 0.3 is 0 Å². The highest BCUT2D eigenvalue weighted by Crippen LogP contribution is 2.25. The molecule has 27 heavy (non-hydrogen) atoms. The zero-order valence-electron chi connectivity index (χ0n) is 15.6. The number of aryl methyl sites for hydroxylation is 1. The molecule has 0 bridgehead atoms. The molecule has 0 aromatic heterocycles. The molecule has 1 saturated heterocycles. The van der Waals surface area contributed by atoms with Gasteiger partial charge in [-0.25, -0.2) is 0 Å². The van der Waals surface area contributed by atoms with Crippen LogP contribution in [0.3, 0.4) is 0 Å². The average molecular weight is 402 g/mol. The monoisotopic (exact) mass is 401 g/mol. The number of amides is 1. The molecule has 0 unspecified atom stereocenters. The van der Waals surface area contributed by atoms with Gasteiger partial charge in [0.2, 0.25) is 0 Å². The first-order valence-corrected chi connectivity index (χ1v) is 9.98. The second-order valence-electron chi connectivity index (χ2n) is 6.98. The maximum Gasteiger partial charge on any atom is 0.258 e. The molecule has 6 heteroatoms. The van der Waals surface area contributed by atoms with Crippen LogP contribution in [-0.4, -0.2) is 23.6 Å². The maximum atomic E-state index is 12.3. The highest BCUT2D eigenvalue weighted by Gasteiger charge is 2.18. The van der Waals surface area contributed by atoms with Crippen molar-refractivity contribution in [1.82, 2.24) is 5.32 Å². The van der Waals surface area contributed by atoms with Crippen LogP contribution >= 0.6 is 23.8 Å². The number of rotatable bonds is 3. The van der Waals surface area contributed by atoms with Crippen LogP contribution in [0.1, 0.15) is 42.1 Å². The number of nitrogens with zero attached hydrogens (tertiary/aromatic N) is 1. The summed E-state index contributed by atoms with van der Waals surface area (Å²) in [5.41, 5.74) is 3.46. The molecular weight excluding hydrogens is 378 g/mol. The molecule has 2 N–H and O–H groups in total. The summed E-state index contributed by atoms with van der Waals surface area (Å²) in [6.45, 7) is 5.29. The number of benzene rings is 2. The molecular formula is C21H24ClN3OS. The molecule has 142 valence electrons. The minimum Gasteiger partial charge on any atom is -0.369 e. The standard InChI is InChI=1S/C21H24ClN3OS/c1-14-6-11-18(19(22)13-14)20(26)24-21(27)23-16-7-9-17(10-8-16)25-12-4-3-5-15(25)2/h6-11,13,15H,3-5,12H2,1-2H3,(H2,23,24,26,27)/t15-/m1/s1. The molecule has 0 saturated carbocycles. The van der Waals surface area contributed by atoms with E-state index in [1.165, 1.54) is 24.9 Å². The molecule has 1 aliphatic rings. The fraction of sp³-hybridized carbons (Fsp3) is 0.333. The summed E-state index contributed by atoms with van der Waals surface area (Å²) in [5, 5.41) is 6.39. The normalized spacial score (nSPS) is 16.7. The summed E-state index contributed by atoms with van der Waals surface area (Å²) in [6.07, 6.45) is 3.77. The number of hydrogen-bond acceptors (Lipinski definition) is 3. The maximum absolute atomic E-state index is 12.3. The number of anilines is 2. The van der Waals surface area contributed by atoms with E-state index in [1.54, 1.807) is 12.1 Å². The average Bonchev–Trinajstić information content (AvgIpc) is 2.62. The number of piperidine rings is 1. The van der Waals surface area contributed by atoms with Gasteiger partial charge in [-0.1, -0.05) is 17.7 Å². The largest absolute Gasteiger partial charge is 0.369 e. The van der Waals surface area contributed by atoms with Crippen LogP contribution in [0.5, 0.6) is 0 Å². The van der Waals surface area contributed by atoms with Crippen LogP contribution in [0.25, 0.3) is 0 Å². The zero-order valence-corrected chi connectivity index (χ0v) is 17.2. The Kier molecular flexibility index (Phi) is 6.34. The third kappa shape index (κ3) is 4.99. The molecule has 0 aliphatic carbocycles. The lowest BCUT2D eigenvalue weighted by Gasteiger charge is -2.35. The third-order valence-corrected chi connectivity index (χ3v) is 5.37. The number of halogens is 1. The van der Waals surface area contributed by atoms with Crippen molar-refractivity contribution in [1.29, 1.82) is 0 Å². The van der Waals surface area contributed by atoms with Crippen LogP contribution in [0, 0.1) is 6.92 Å². The van der Waals surface area contributed by atoms with Crippen molar-refractivity contribution in [2.24, 2.45) is 0 Å². The van der Waals surface area contributed by atoms with Gasteiger partial charge < -0.3 is 10.2 Å². The third-order valence-electron chi connectivity index (χ3n) is 4.86. The first kappa shape index (κ1) is 19.6. The summed E-state index contributed by atoms with van der Waals surface area (Å²) in [4.78, 5) is 14.8. The van der Waals surface area contributed by atoms with Crippen molar-refractivity contribution in [2.45, 2.75) is 39.2 Å². The lowest BCUT2D eigenvalue weighted by atomic mass is 10.0. The summed E-state index contributed by atoms with van der Waals surface area (Å²) in [7, 11) is 0. The summed E-state index contributed by atoms with van der Waals surface area (Å²) in [5.74, 6) is -0.323. The number of carbonyl (C=O) groups excluding carboxylic acids is 1. The molecule has 2 aromatic carbocycles.